The van der Waals surface area contributed by atoms with E-state index < -0.39 is 0 Å². The predicted molar refractivity (Wildman–Crippen MR) is 114 cm³/mol. The lowest BCUT2D eigenvalue weighted by Gasteiger charge is -2.12. The molecule has 1 N–H and O–H groups in total. The van der Waals surface area contributed by atoms with Gasteiger partial charge in [0.1, 0.15) is 12.4 Å². The van der Waals surface area contributed by atoms with Gasteiger partial charge in [-0.1, -0.05) is 60.2 Å². The smallest absolute Gasteiger partial charge is 0.129 e. The molecule has 0 radical (unpaired) electrons. The molecule has 132 valence electrons. The minimum Gasteiger partial charge on any atom is -0.488 e. The topological polar surface area (TPSA) is 25.0 Å². The van der Waals surface area contributed by atoms with Crippen molar-refractivity contribution in [3.63, 3.8) is 0 Å². The van der Waals surface area contributed by atoms with Crippen molar-refractivity contribution in [2.75, 3.05) is 0 Å². The summed E-state index contributed by atoms with van der Waals surface area (Å²) in [6.07, 6.45) is 0. The summed E-state index contributed by atoms with van der Waals surface area (Å²) in [6, 6.07) is 25.7. The molecular formula is C25H21NO. The third kappa shape index (κ3) is 2.74. The fourth-order valence-corrected chi connectivity index (χ4v) is 3.87. The van der Waals surface area contributed by atoms with E-state index in [4.69, 9.17) is 4.74 Å². The molecule has 0 saturated heterocycles. The zero-order valence-corrected chi connectivity index (χ0v) is 15.5. The van der Waals surface area contributed by atoms with Crippen molar-refractivity contribution in [1.82, 2.24) is 4.98 Å². The molecular weight excluding hydrogens is 330 g/mol. The highest BCUT2D eigenvalue weighted by molar-refractivity contribution is 6.21. The second-order valence-corrected chi connectivity index (χ2v) is 7.29. The summed E-state index contributed by atoms with van der Waals surface area (Å²) in [5.74, 6) is 0.924. The van der Waals surface area contributed by atoms with Crippen LogP contribution in [0.15, 0.2) is 72.8 Å². The highest BCUT2D eigenvalue weighted by atomic mass is 16.5. The number of aromatic amines is 1. The molecule has 0 fully saturated rings. The van der Waals surface area contributed by atoms with Gasteiger partial charge in [0.05, 0.1) is 5.52 Å². The van der Waals surface area contributed by atoms with Gasteiger partial charge >= 0.3 is 0 Å². The zero-order chi connectivity index (χ0) is 18.4. The molecule has 0 amide bonds. The van der Waals surface area contributed by atoms with Crippen LogP contribution in [0.2, 0.25) is 0 Å². The molecule has 2 nitrogen and oxygen atoms in total. The molecule has 5 rings (SSSR count). The molecule has 4 aromatic carbocycles. The predicted octanol–water partition coefficient (Wildman–Crippen LogP) is 6.67. The van der Waals surface area contributed by atoms with Crippen molar-refractivity contribution >= 4 is 32.6 Å². The molecule has 1 heterocycles. The average molecular weight is 351 g/mol. The number of rotatable bonds is 3. The number of hydrogen-bond donors (Lipinski definition) is 1. The number of fused-ring (bicyclic) bond motifs is 5. The van der Waals surface area contributed by atoms with Crippen molar-refractivity contribution in [1.29, 1.82) is 0 Å². The summed E-state index contributed by atoms with van der Waals surface area (Å²) in [6.45, 7) is 4.82. The minimum absolute atomic E-state index is 0.564. The van der Waals surface area contributed by atoms with E-state index in [-0.39, 0.29) is 0 Å². The first-order chi connectivity index (χ1) is 13.2. The second-order valence-electron chi connectivity index (χ2n) is 7.29. The van der Waals surface area contributed by atoms with Gasteiger partial charge in [-0.15, -0.1) is 0 Å². The van der Waals surface area contributed by atoms with E-state index >= 15 is 0 Å². The normalized spacial score (nSPS) is 11.5. The fraction of sp³-hybridized carbons (Fsp3) is 0.120. The van der Waals surface area contributed by atoms with Gasteiger partial charge < -0.3 is 9.72 Å². The van der Waals surface area contributed by atoms with Crippen LogP contribution in [0.4, 0.5) is 0 Å². The summed E-state index contributed by atoms with van der Waals surface area (Å²) in [5.41, 5.74) is 5.96. The Hall–Kier alpha value is -3.26. The van der Waals surface area contributed by atoms with Gasteiger partial charge in [-0.25, -0.2) is 0 Å². The van der Waals surface area contributed by atoms with Gasteiger partial charge in [-0.05, 0) is 42.5 Å². The van der Waals surface area contributed by atoms with Crippen molar-refractivity contribution in [2.45, 2.75) is 20.5 Å². The number of hydrogen-bond acceptors (Lipinski definition) is 1. The lowest BCUT2D eigenvalue weighted by molar-refractivity contribution is 0.310. The molecule has 0 unspecified atom stereocenters. The number of aromatic nitrogens is 1. The first-order valence-corrected chi connectivity index (χ1v) is 9.31. The van der Waals surface area contributed by atoms with E-state index in [1.165, 1.54) is 43.8 Å². The summed E-state index contributed by atoms with van der Waals surface area (Å²) >= 11 is 0. The lowest BCUT2D eigenvalue weighted by atomic mass is 10.0. The van der Waals surface area contributed by atoms with Gasteiger partial charge in [0.2, 0.25) is 0 Å². The monoisotopic (exact) mass is 351 g/mol. The van der Waals surface area contributed by atoms with Gasteiger partial charge in [-0.3, -0.25) is 0 Å². The van der Waals surface area contributed by atoms with Crippen LogP contribution in [0, 0.1) is 13.8 Å². The first kappa shape index (κ1) is 16.0. The number of H-pyrrole nitrogens is 1. The number of benzene rings is 4. The van der Waals surface area contributed by atoms with Gasteiger partial charge in [0.15, 0.2) is 0 Å². The van der Waals surface area contributed by atoms with Crippen LogP contribution in [0.1, 0.15) is 16.7 Å². The van der Waals surface area contributed by atoms with E-state index in [1.54, 1.807) is 0 Å². The van der Waals surface area contributed by atoms with Crippen molar-refractivity contribution in [3.05, 3.63) is 89.5 Å². The molecule has 1 aromatic heterocycles. The summed E-state index contributed by atoms with van der Waals surface area (Å²) in [4.78, 5) is 3.58. The van der Waals surface area contributed by atoms with Gasteiger partial charge in [0.25, 0.3) is 0 Å². The molecule has 0 aliphatic rings. The van der Waals surface area contributed by atoms with Crippen LogP contribution < -0.4 is 4.74 Å². The molecule has 2 heteroatoms. The van der Waals surface area contributed by atoms with Crippen LogP contribution >= 0.6 is 0 Å². The maximum Gasteiger partial charge on any atom is 0.129 e. The third-order valence-corrected chi connectivity index (χ3v) is 5.21. The van der Waals surface area contributed by atoms with E-state index in [9.17, 15) is 0 Å². The van der Waals surface area contributed by atoms with Crippen LogP contribution in [-0.4, -0.2) is 4.98 Å². The van der Waals surface area contributed by atoms with Gasteiger partial charge in [0, 0.05) is 27.7 Å². The second kappa shape index (κ2) is 6.17. The van der Waals surface area contributed by atoms with E-state index in [0.717, 1.165) is 11.3 Å². The van der Waals surface area contributed by atoms with Gasteiger partial charge in [-0.2, -0.15) is 0 Å². The molecule has 0 bridgehead atoms. The van der Waals surface area contributed by atoms with Crippen LogP contribution in [0.25, 0.3) is 32.6 Å². The Labute approximate surface area is 158 Å². The Bertz CT molecular complexity index is 1280. The highest BCUT2D eigenvalue weighted by Gasteiger charge is 2.13. The standard InChI is InChI=1S/C25H21NO/c1-16-8-10-19-21(12-16)24(27-15-18-6-4-3-5-7-18)14-23-25(19)20-11-9-17(2)13-22(20)26-23/h3-14,26H,15H2,1-2H3. The molecule has 0 saturated carbocycles. The van der Waals surface area contributed by atoms with Crippen molar-refractivity contribution in [2.24, 2.45) is 0 Å². The SMILES string of the molecule is Cc1ccc2c(c1)[nH]c1cc(OCc3ccccc3)c3cc(C)ccc3c12. The van der Waals surface area contributed by atoms with Crippen LogP contribution in [-0.2, 0) is 6.61 Å². The van der Waals surface area contributed by atoms with E-state index in [1.807, 2.05) is 18.2 Å². The third-order valence-electron chi connectivity index (χ3n) is 5.21. The molecule has 0 spiro atoms. The summed E-state index contributed by atoms with van der Waals surface area (Å²) in [5, 5.41) is 4.93. The zero-order valence-electron chi connectivity index (χ0n) is 15.5. The average Bonchev–Trinajstić information content (AvgIpc) is 3.04. The van der Waals surface area contributed by atoms with Crippen molar-refractivity contribution < 1.29 is 4.74 Å². The maximum atomic E-state index is 6.27. The highest BCUT2D eigenvalue weighted by Crippen LogP contribution is 2.38. The molecule has 0 aliphatic heterocycles. The molecule has 27 heavy (non-hydrogen) atoms. The van der Waals surface area contributed by atoms with Crippen LogP contribution in [0.5, 0.6) is 5.75 Å². The molecule has 0 atom stereocenters. The summed E-state index contributed by atoms with van der Waals surface area (Å²) < 4.78 is 6.27. The Morgan fingerprint density at radius 3 is 2.26 bits per heavy atom. The summed E-state index contributed by atoms with van der Waals surface area (Å²) in [7, 11) is 0. The Morgan fingerprint density at radius 1 is 0.704 bits per heavy atom. The van der Waals surface area contributed by atoms with E-state index in [0.29, 0.717) is 6.61 Å². The Balaban J connectivity index is 1.74. The number of ether oxygens (including phenoxy) is 1. The first-order valence-electron chi connectivity index (χ1n) is 9.31. The minimum atomic E-state index is 0.564. The maximum absolute atomic E-state index is 6.27. The van der Waals surface area contributed by atoms with Crippen LogP contribution in [0.3, 0.4) is 0 Å². The number of nitrogens with one attached hydrogen (secondary N) is 1. The molecule has 0 aliphatic carbocycles. The largest absolute Gasteiger partial charge is 0.488 e. The molecule has 5 aromatic rings. The van der Waals surface area contributed by atoms with E-state index in [2.05, 4.69) is 73.4 Å². The van der Waals surface area contributed by atoms with Crippen molar-refractivity contribution in [3.8, 4) is 5.75 Å². The Kier molecular flexibility index (Phi) is 3.64. The Morgan fingerprint density at radius 2 is 1.44 bits per heavy atom. The quantitative estimate of drug-likeness (QED) is 0.386. The fourth-order valence-electron chi connectivity index (χ4n) is 3.87. The number of aryl methyl sites for hydroxylation is 2. The lowest BCUT2D eigenvalue weighted by Crippen LogP contribution is -1.96.